The molecule has 0 aliphatic heterocycles. The van der Waals surface area contributed by atoms with Crippen LogP contribution in [0.15, 0.2) is 54.9 Å². The second kappa shape index (κ2) is 9.39. The van der Waals surface area contributed by atoms with Crippen LogP contribution in [0, 0.1) is 0 Å². The molecule has 24 heavy (non-hydrogen) atoms. The van der Waals surface area contributed by atoms with Crippen molar-refractivity contribution in [1.82, 2.24) is 26.7 Å². The summed E-state index contributed by atoms with van der Waals surface area (Å²) in [6, 6.07) is 12.2. The fourth-order valence-corrected chi connectivity index (χ4v) is 1.96. The molecule has 7 heteroatoms. The molecular formula is C17H21N5O2. The van der Waals surface area contributed by atoms with Gasteiger partial charge in [0.15, 0.2) is 0 Å². The molecule has 0 saturated heterocycles. The van der Waals surface area contributed by atoms with Crippen molar-refractivity contribution in [2.45, 2.75) is 19.4 Å². The predicted molar refractivity (Wildman–Crippen MR) is 90.8 cm³/mol. The largest absolute Gasteiger partial charge is 0.287 e. The summed E-state index contributed by atoms with van der Waals surface area (Å²) < 4.78 is 0. The lowest BCUT2D eigenvalue weighted by Crippen LogP contribution is -2.51. The van der Waals surface area contributed by atoms with Gasteiger partial charge in [-0.3, -0.25) is 25.4 Å². The molecule has 7 nitrogen and oxygen atoms in total. The molecular weight excluding hydrogens is 306 g/mol. The van der Waals surface area contributed by atoms with E-state index in [1.165, 1.54) is 0 Å². The number of hydrogen-bond donors (Lipinski definition) is 4. The first-order chi connectivity index (χ1) is 11.7. The lowest BCUT2D eigenvalue weighted by Gasteiger charge is -2.18. The quantitative estimate of drug-likeness (QED) is 0.543. The Morgan fingerprint density at radius 3 is 2.25 bits per heavy atom. The Kier molecular flexibility index (Phi) is 6.88. The minimum absolute atomic E-state index is 0.0320. The van der Waals surface area contributed by atoms with Gasteiger partial charge in [0.05, 0.1) is 0 Å². The van der Waals surface area contributed by atoms with Crippen LogP contribution in [0.25, 0.3) is 0 Å². The first-order valence-electron chi connectivity index (χ1n) is 7.75. The zero-order valence-electron chi connectivity index (χ0n) is 13.5. The standard InChI is InChI=1S/C17H21N5O2/c1-2-15(20-22-17(24)13-6-4-3-5-7-13)12-19-21-16(23)14-8-10-18-11-9-14/h3-11,15,19-20H,2,12H2,1H3,(H,21,23)(H,22,24). The molecule has 0 saturated carbocycles. The average molecular weight is 327 g/mol. The van der Waals surface area contributed by atoms with Crippen molar-refractivity contribution in [3.8, 4) is 0 Å². The van der Waals surface area contributed by atoms with Gasteiger partial charge < -0.3 is 0 Å². The normalized spacial score (nSPS) is 11.5. The van der Waals surface area contributed by atoms with Crippen molar-refractivity contribution < 1.29 is 9.59 Å². The van der Waals surface area contributed by atoms with Crippen molar-refractivity contribution in [3.63, 3.8) is 0 Å². The molecule has 4 N–H and O–H groups in total. The Labute approximate surface area is 140 Å². The van der Waals surface area contributed by atoms with Crippen molar-refractivity contribution in [2.24, 2.45) is 0 Å². The molecule has 0 bridgehead atoms. The SMILES string of the molecule is CCC(CNNC(=O)c1ccncc1)NNC(=O)c1ccccc1. The highest BCUT2D eigenvalue weighted by atomic mass is 16.2. The lowest BCUT2D eigenvalue weighted by molar-refractivity contribution is 0.0906. The van der Waals surface area contributed by atoms with Crippen LogP contribution in [0.3, 0.4) is 0 Å². The number of carbonyl (C=O) groups excluding carboxylic acids is 2. The maximum atomic E-state index is 12.0. The smallest absolute Gasteiger partial charge is 0.265 e. The molecule has 0 fully saturated rings. The van der Waals surface area contributed by atoms with E-state index in [-0.39, 0.29) is 17.9 Å². The van der Waals surface area contributed by atoms with Gasteiger partial charge in [0.2, 0.25) is 0 Å². The summed E-state index contributed by atoms with van der Waals surface area (Å²) in [7, 11) is 0. The molecule has 1 atom stereocenters. The number of amides is 2. The fourth-order valence-electron chi connectivity index (χ4n) is 1.96. The number of pyridine rings is 1. The number of hydrogen-bond acceptors (Lipinski definition) is 5. The minimum Gasteiger partial charge on any atom is -0.287 e. The molecule has 2 rings (SSSR count). The summed E-state index contributed by atoms with van der Waals surface area (Å²) in [5, 5.41) is 0. The molecule has 0 aliphatic carbocycles. The van der Waals surface area contributed by atoms with Crippen LogP contribution in [-0.4, -0.2) is 29.4 Å². The summed E-state index contributed by atoms with van der Waals surface area (Å²) in [5.74, 6) is -0.435. The maximum absolute atomic E-state index is 12.0. The second-order valence-electron chi connectivity index (χ2n) is 5.14. The highest BCUT2D eigenvalue weighted by Gasteiger charge is 2.10. The highest BCUT2D eigenvalue weighted by Crippen LogP contribution is 1.97. The summed E-state index contributed by atoms with van der Waals surface area (Å²) in [4.78, 5) is 27.7. The van der Waals surface area contributed by atoms with Crippen molar-refractivity contribution in [1.29, 1.82) is 0 Å². The Morgan fingerprint density at radius 2 is 1.58 bits per heavy atom. The molecule has 1 heterocycles. The zero-order chi connectivity index (χ0) is 17.2. The first-order valence-corrected chi connectivity index (χ1v) is 7.75. The Balaban J connectivity index is 1.72. The monoisotopic (exact) mass is 327 g/mol. The molecule has 0 spiro atoms. The van der Waals surface area contributed by atoms with Crippen LogP contribution in [-0.2, 0) is 0 Å². The number of nitrogens with zero attached hydrogens (tertiary/aromatic N) is 1. The highest BCUT2D eigenvalue weighted by molar-refractivity contribution is 5.94. The zero-order valence-corrected chi connectivity index (χ0v) is 13.5. The van der Waals surface area contributed by atoms with E-state index >= 15 is 0 Å². The number of aromatic nitrogens is 1. The van der Waals surface area contributed by atoms with E-state index in [1.807, 2.05) is 25.1 Å². The van der Waals surface area contributed by atoms with Gasteiger partial charge in [-0.15, -0.1) is 0 Å². The van der Waals surface area contributed by atoms with E-state index in [1.54, 1.807) is 36.7 Å². The van der Waals surface area contributed by atoms with Gasteiger partial charge in [-0.1, -0.05) is 25.1 Å². The van der Waals surface area contributed by atoms with E-state index in [0.717, 1.165) is 6.42 Å². The summed E-state index contributed by atoms with van der Waals surface area (Å²) in [6.07, 6.45) is 3.89. The van der Waals surface area contributed by atoms with Crippen molar-refractivity contribution in [3.05, 3.63) is 66.0 Å². The first kappa shape index (κ1) is 17.6. The van der Waals surface area contributed by atoms with Gasteiger partial charge >= 0.3 is 0 Å². The number of benzene rings is 1. The molecule has 126 valence electrons. The number of nitrogens with one attached hydrogen (secondary N) is 4. The Morgan fingerprint density at radius 1 is 0.958 bits per heavy atom. The molecule has 2 amide bonds. The van der Waals surface area contributed by atoms with Gasteiger partial charge in [0.25, 0.3) is 11.8 Å². The average Bonchev–Trinajstić information content (AvgIpc) is 2.65. The van der Waals surface area contributed by atoms with Crippen LogP contribution in [0.5, 0.6) is 0 Å². The van der Waals surface area contributed by atoms with Gasteiger partial charge in [0, 0.05) is 36.1 Å². The lowest BCUT2D eigenvalue weighted by atomic mass is 10.2. The number of carbonyl (C=O) groups is 2. The molecule has 0 radical (unpaired) electrons. The van der Waals surface area contributed by atoms with E-state index in [9.17, 15) is 9.59 Å². The van der Waals surface area contributed by atoms with E-state index in [4.69, 9.17) is 0 Å². The third-order valence-electron chi connectivity index (χ3n) is 3.41. The summed E-state index contributed by atoms with van der Waals surface area (Å²) >= 11 is 0. The minimum atomic E-state index is -0.236. The van der Waals surface area contributed by atoms with Gasteiger partial charge in [0.1, 0.15) is 0 Å². The molecule has 1 aromatic heterocycles. The molecule has 1 unspecified atom stereocenters. The van der Waals surface area contributed by atoms with Crippen LogP contribution in [0.2, 0.25) is 0 Å². The van der Waals surface area contributed by atoms with Crippen molar-refractivity contribution in [2.75, 3.05) is 6.54 Å². The molecule has 0 aliphatic rings. The topological polar surface area (TPSA) is 95.2 Å². The van der Waals surface area contributed by atoms with E-state index in [0.29, 0.717) is 17.7 Å². The van der Waals surface area contributed by atoms with Crippen LogP contribution >= 0.6 is 0 Å². The number of rotatable bonds is 8. The van der Waals surface area contributed by atoms with Crippen molar-refractivity contribution >= 4 is 11.8 Å². The predicted octanol–water partition coefficient (Wildman–Crippen LogP) is 1.03. The Bertz CT molecular complexity index is 649. The Hall–Kier alpha value is -2.77. The van der Waals surface area contributed by atoms with Gasteiger partial charge in [-0.05, 0) is 30.7 Å². The fraction of sp³-hybridized carbons (Fsp3) is 0.235. The molecule has 1 aromatic carbocycles. The number of hydrazine groups is 2. The van der Waals surface area contributed by atoms with Gasteiger partial charge in [-0.25, -0.2) is 10.9 Å². The maximum Gasteiger partial charge on any atom is 0.265 e. The van der Waals surface area contributed by atoms with Gasteiger partial charge in [-0.2, -0.15) is 0 Å². The van der Waals surface area contributed by atoms with E-state index < -0.39 is 0 Å². The summed E-state index contributed by atoms with van der Waals surface area (Å²) in [6.45, 7) is 2.45. The van der Waals surface area contributed by atoms with E-state index in [2.05, 4.69) is 26.7 Å². The molecule has 2 aromatic rings. The van der Waals surface area contributed by atoms with Crippen LogP contribution < -0.4 is 21.7 Å². The second-order valence-corrected chi connectivity index (χ2v) is 5.14. The van der Waals surface area contributed by atoms with Crippen LogP contribution in [0.1, 0.15) is 34.1 Å². The van der Waals surface area contributed by atoms with Crippen LogP contribution in [0.4, 0.5) is 0 Å². The summed E-state index contributed by atoms with van der Waals surface area (Å²) in [5.41, 5.74) is 12.2. The third kappa shape index (κ3) is 5.45. The third-order valence-corrected chi connectivity index (χ3v) is 3.41.